The summed E-state index contributed by atoms with van der Waals surface area (Å²) in [7, 11) is 0. The van der Waals surface area contributed by atoms with Crippen LogP contribution in [0.2, 0.25) is 0 Å². The monoisotopic (exact) mass is 781 g/mol. The third-order valence-electron chi connectivity index (χ3n) is 12.9. The number of rotatable bonds is 4. The van der Waals surface area contributed by atoms with Gasteiger partial charge in [-0.2, -0.15) is 0 Å². The molecule has 11 aromatic rings. The van der Waals surface area contributed by atoms with E-state index in [-0.39, 0.29) is 0 Å². The molecule has 3 heteroatoms. The van der Waals surface area contributed by atoms with Gasteiger partial charge in [0, 0.05) is 59.1 Å². The number of benzene rings is 10. The summed E-state index contributed by atoms with van der Waals surface area (Å²) in [5.74, 6) is 1.86. The summed E-state index contributed by atoms with van der Waals surface area (Å²) in [4.78, 5) is 2.40. The fourth-order valence-electron chi connectivity index (χ4n) is 10.4. The molecule has 0 atom stereocenters. The van der Waals surface area contributed by atoms with Crippen molar-refractivity contribution < 1.29 is 4.74 Å². The third-order valence-corrected chi connectivity index (χ3v) is 14.0. The van der Waals surface area contributed by atoms with Crippen molar-refractivity contribution in [2.75, 3.05) is 4.90 Å². The maximum Gasteiger partial charge on any atom is 0.140 e. The lowest BCUT2D eigenvalue weighted by Gasteiger charge is -2.40. The Balaban J connectivity index is 1.05. The van der Waals surface area contributed by atoms with Crippen molar-refractivity contribution >= 4 is 70.1 Å². The van der Waals surface area contributed by atoms with Gasteiger partial charge in [-0.25, -0.2) is 0 Å². The van der Waals surface area contributed by atoms with Gasteiger partial charge in [0.25, 0.3) is 0 Å². The molecular weight excluding hydrogens is 747 g/mol. The number of hydrogen-bond acceptors (Lipinski definition) is 3. The topological polar surface area (TPSA) is 12.5 Å². The van der Waals surface area contributed by atoms with Gasteiger partial charge in [-0.15, -0.1) is 11.3 Å². The SMILES string of the molecule is c1ccc(N(c2cccc(-c3cccc4c3-c3ccccc3C43c4ccc5ccccc5c4Oc4c3ccc3ccccc43)c2)c2ccc3c(c2)sc2ccccc23)cc1. The van der Waals surface area contributed by atoms with Crippen LogP contribution in [0.15, 0.2) is 212 Å². The van der Waals surface area contributed by atoms with E-state index in [1.54, 1.807) is 0 Å². The van der Waals surface area contributed by atoms with Crippen molar-refractivity contribution in [2.24, 2.45) is 0 Å². The van der Waals surface area contributed by atoms with Gasteiger partial charge in [0.15, 0.2) is 0 Å². The Morgan fingerprint density at radius 2 is 0.950 bits per heavy atom. The fraction of sp³-hybridized carbons (Fsp3) is 0.0175. The molecule has 0 radical (unpaired) electrons. The van der Waals surface area contributed by atoms with Crippen LogP contribution in [-0.2, 0) is 5.41 Å². The smallest absolute Gasteiger partial charge is 0.140 e. The van der Waals surface area contributed by atoms with Crippen molar-refractivity contribution in [1.82, 2.24) is 0 Å². The van der Waals surface area contributed by atoms with E-state index in [0.29, 0.717) is 0 Å². The minimum absolute atomic E-state index is 0.605. The lowest BCUT2D eigenvalue weighted by Crippen LogP contribution is -2.32. The van der Waals surface area contributed by atoms with Crippen molar-refractivity contribution in [1.29, 1.82) is 0 Å². The molecule has 10 aromatic carbocycles. The van der Waals surface area contributed by atoms with Gasteiger partial charge in [0.1, 0.15) is 11.5 Å². The Labute approximate surface area is 351 Å². The molecule has 1 aliphatic heterocycles. The standard InChI is InChI=1S/C57H35NOS/c1-2-17-39(18-3-1)58(41-30-31-46-45-22-9-11-27-52(45)60-53(46)35-41)40-19-12-16-38(34-40)42-24-13-26-49-54(42)47-23-8-10-25-48(47)57(49)50-32-28-36-14-4-6-20-43(36)55(50)59-56-44-21-7-5-15-37(44)29-33-51(56)57/h1-35H. The third kappa shape index (κ3) is 4.64. The first kappa shape index (κ1) is 33.5. The Morgan fingerprint density at radius 1 is 0.367 bits per heavy atom. The molecule has 0 saturated heterocycles. The zero-order valence-electron chi connectivity index (χ0n) is 32.5. The number of para-hydroxylation sites is 1. The van der Waals surface area contributed by atoms with E-state index >= 15 is 0 Å². The number of fused-ring (bicyclic) bond motifs is 16. The van der Waals surface area contributed by atoms with E-state index in [1.165, 1.54) is 75.5 Å². The normalized spacial score (nSPS) is 13.3. The Morgan fingerprint density at radius 3 is 1.73 bits per heavy atom. The summed E-state index contributed by atoms with van der Waals surface area (Å²) in [6.45, 7) is 0. The molecule has 2 nitrogen and oxygen atoms in total. The van der Waals surface area contributed by atoms with Crippen LogP contribution < -0.4 is 9.64 Å². The lowest BCUT2D eigenvalue weighted by molar-refractivity contribution is 0.447. The van der Waals surface area contributed by atoms with E-state index < -0.39 is 5.41 Å². The van der Waals surface area contributed by atoms with E-state index in [2.05, 4.69) is 217 Å². The van der Waals surface area contributed by atoms with Crippen LogP contribution >= 0.6 is 11.3 Å². The summed E-state index contributed by atoms with van der Waals surface area (Å²) in [5, 5.41) is 7.19. The zero-order chi connectivity index (χ0) is 39.4. The van der Waals surface area contributed by atoms with Crippen LogP contribution in [0.3, 0.4) is 0 Å². The average Bonchev–Trinajstić information content (AvgIpc) is 3.83. The average molecular weight is 782 g/mol. The first-order valence-corrected chi connectivity index (χ1v) is 21.4. The predicted octanol–water partition coefficient (Wildman–Crippen LogP) is 16.0. The Bertz CT molecular complexity index is 3460. The van der Waals surface area contributed by atoms with Crippen molar-refractivity contribution in [2.45, 2.75) is 5.41 Å². The molecule has 1 aliphatic carbocycles. The summed E-state index contributed by atoms with van der Waals surface area (Å²) in [6, 6.07) is 77.9. The van der Waals surface area contributed by atoms with Gasteiger partial charge in [-0.3, -0.25) is 0 Å². The van der Waals surface area contributed by atoms with Crippen LogP contribution in [0.5, 0.6) is 11.5 Å². The largest absolute Gasteiger partial charge is 0.455 e. The molecule has 280 valence electrons. The molecule has 0 N–H and O–H groups in total. The van der Waals surface area contributed by atoms with E-state index in [1.807, 2.05) is 11.3 Å². The number of ether oxygens (including phenoxy) is 1. The number of nitrogens with zero attached hydrogens (tertiary/aromatic N) is 1. The second-order valence-corrected chi connectivity index (χ2v) is 17.0. The zero-order valence-corrected chi connectivity index (χ0v) is 33.3. The molecule has 0 bridgehead atoms. The molecule has 2 heterocycles. The van der Waals surface area contributed by atoms with Gasteiger partial charge in [0.05, 0.1) is 5.41 Å². The van der Waals surface area contributed by atoms with Crippen LogP contribution in [0.1, 0.15) is 22.3 Å². The molecule has 1 spiro atoms. The van der Waals surface area contributed by atoms with Gasteiger partial charge in [0.2, 0.25) is 0 Å². The molecule has 13 rings (SSSR count). The molecule has 0 amide bonds. The molecule has 0 unspecified atom stereocenters. The van der Waals surface area contributed by atoms with Crippen LogP contribution in [-0.4, -0.2) is 0 Å². The van der Waals surface area contributed by atoms with Gasteiger partial charge >= 0.3 is 0 Å². The molecule has 0 fully saturated rings. The summed E-state index contributed by atoms with van der Waals surface area (Å²) in [6.07, 6.45) is 0. The van der Waals surface area contributed by atoms with Crippen molar-refractivity contribution in [3.8, 4) is 33.8 Å². The molecule has 1 aromatic heterocycles. The quantitative estimate of drug-likeness (QED) is 0.176. The second-order valence-electron chi connectivity index (χ2n) is 16.0. The molecule has 60 heavy (non-hydrogen) atoms. The predicted molar refractivity (Wildman–Crippen MR) is 252 cm³/mol. The van der Waals surface area contributed by atoms with E-state index in [9.17, 15) is 0 Å². The first-order valence-electron chi connectivity index (χ1n) is 20.6. The number of anilines is 3. The Hall–Kier alpha value is -7.46. The molecule has 0 saturated carbocycles. The van der Waals surface area contributed by atoms with Crippen LogP contribution in [0.4, 0.5) is 17.1 Å². The van der Waals surface area contributed by atoms with Crippen LogP contribution in [0, 0.1) is 0 Å². The maximum absolute atomic E-state index is 7.20. The Kier molecular flexibility index (Phi) is 7.13. The minimum atomic E-state index is -0.605. The lowest BCUT2D eigenvalue weighted by atomic mass is 9.65. The van der Waals surface area contributed by atoms with Crippen molar-refractivity contribution in [3.05, 3.63) is 235 Å². The number of thiophene rings is 1. The van der Waals surface area contributed by atoms with E-state index in [0.717, 1.165) is 39.3 Å². The van der Waals surface area contributed by atoms with Gasteiger partial charge in [-0.05, 0) is 86.6 Å². The highest BCUT2D eigenvalue weighted by Gasteiger charge is 2.52. The van der Waals surface area contributed by atoms with Crippen LogP contribution in [0.25, 0.3) is 64.0 Å². The summed E-state index contributed by atoms with van der Waals surface area (Å²) >= 11 is 1.86. The highest BCUT2D eigenvalue weighted by atomic mass is 32.1. The second kappa shape index (κ2) is 12.8. The van der Waals surface area contributed by atoms with Crippen molar-refractivity contribution in [3.63, 3.8) is 0 Å². The molecule has 2 aliphatic rings. The van der Waals surface area contributed by atoms with E-state index in [4.69, 9.17) is 4.74 Å². The highest BCUT2D eigenvalue weighted by Crippen LogP contribution is 2.65. The highest BCUT2D eigenvalue weighted by molar-refractivity contribution is 7.25. The summed E-state index contributed by atoms with van der Waals surface area (Å²) in [5.41, 5.74) is 12.6. The van der Waals surface area contributed by atoms with Gasteiger partial charge in [-0.1, -0.05) is 170 Å². The number of hydrogen-bond donors (Lipinski definition) is 0. The summed E-state index contributed by atoms with van der Waals surface area (Å²) < 4.78 is 9.79. The first-order chi connectivity index (χ1) is 29.8. The maximum atomic E-state index is 7.20. The minimum Gasteiger partial charge on any atom is -0.455 e. The molecular formula is C57H35NOS. The van der Waals surface area contributed by atoms with Gasteiger partial charge < -0.3 is 9.64 Å². The fourth-order valence-corrected chi connectivity index (χ4v) is 11.5.